The molecule has 1 amide bonds. The average molecular weight is 323 g/mol. The molecule has 8 heteroatoms. The molecule has 8 nitrogen and oxygen atoms in total. The van der Waals surface area contributed by atoms with Gasteiger partial charge in [0, 0.05) is 11.9 Å². The number of aromatic nitrogens is 4. The van der Waals surface area contributed by atoms with E-state index in [1.165, 1.54) is 18.0 Å². The van der Waals surface area contributed by atoms with Gasteiger partial charge in [0.05, 0.1) is 19.0 Å². The molecule has 0 aliphatic carbocycles. The van der Waals surface area contributed by atoms with E-state index in [9.17, 15) is 9.59 Å². The Hall–Kier alpha value is -3.55. The predicted octanol–water partition coefficient (Wildman–Crippen LogP) is 1.70. The van der Waals surface area contributed by atoms with Gasteiger partial charge in [0.25, 0.3) is 5.91 Å². The molecule has 24 heavy (non-hydrogen) atoms. The lowest BCUT2D eigenvalue weighted by atomic mass is 10.2. The van der Waals surface area contributed by atoms with Crippen LogP contribution < -0.4 is 5.32 Å². The van der Waals surface area contributed by atoms with Crippen molar-refractivity contribution in [2.45, 2.75) is 0 Å². The first-order chi connectivity index (χ1) is 11.7. The van der Waals surface area contributed by atoms with Gasteiger partial charge in [0.2, 0.25) is 0 Å². The number of amides is 1. The van der Waals surface area contributed by atoms with E-state index in [0.717, 1.165) is 0 Å². The van der Waals surface area contributed by atoms with E-state index in [-0.39, 0.29) is 11.6 Å². The van der Waals surface area contributed by atoms with Crippen LogP contribution in [0, 0.1) is 0 Å². The molecule has 0 unspecified atom stereocenters. The summed E-state index contributed by atoms with van der Waals surface area (Å²) in [6, 6.07) is 12.1. The summed E-state index contributed by atoms with van der Waals surface area (Å²) in [5.41, 5.74) is 1.62. The van der Waals surface area contributed by atoms with Crippen LogP contribution in [0.5, 0.6) is 0 Å². The number of esters is 1. The third kappa shape index (κ3) is 3.27. The Labute approximate surface area is 137 Å². The molecule has 0 spiro atoms. The number of benzene rings is 1. The van der Waals surface area contributed by atoms with Crippen LogP contribution >= 0.6 is 0 Å². The van der Waals surface area contributed by atoms with Gasteiger partial charge in [0.1, 0.15) is 5.69 Å². The van der Waals surface area contributed by atoms with Crippen molar-refractivity contribution in [3.05, 3.63) is 66.2 Å². The van der Waals surface area contributed by atoms with Crippen LogP contribution in [0.25, 0.3) is 5.69 Å². The van der Waals surface area contributed by atoms with Crippen LogP contribution in [0.3, 0.4) is 0 Å². The fourth-order valence-electron chi connectivity index (χ4n) is 2.01. The summed E-state index contributed by atoms with van der Waals surface area (Å²) in [7, 11) is 1.27. The van der Waals surface area contributed by atoms with Crippen LogP contribution in [-0.4, -0.2) is 39.0 Å². The molecule has 3 aromatic rings. The molecule has 0 fully saturated rings. The molecular formula is C16H13N5O3. The van der Waals surface area contributed by atoms with Crippen LogP contribution in [-0.2, 0) is 4.74 Å². The van der Waals surface area contributed by atoms with E-state index in [0.29, 0.717) is 17.1 Å². The number of nitrogens with one attached hydrogen (secondary N) is 1. The summed E-state index contributed by atoms with van der Waals surface area (Å²) in [6.45, 7) is 0. The van der Waals surface area contributed by atoms with Gasteiger partial charge in [0.15, 0.2) is 5.69 Å². The van der Waals surface area contributed by atoms with Gasteiger partial charge in [-0.1, -0.05) is 17.3 Å². The summed E-state index contributed by atoms with van der Waals surface area (Å²) in [5.74, 6) is -0.887. The zero-order chi connectivity index (χ0) is 16.9. The Morgan fingerprint density at radius 1 is 1.12 bits per heavy atom. The summed E-state index contributed by atoms with van der Waals surface area (Å²) in [4.78, 5) is 27.5. The second-order valence-electron chi connectivity index (χ2n) is 4.76. The number of ether oxygens (including phenoxy) is 1. The maximum Gasteiger partial charge on any atom is 0.360 e. The first-order valence-electron chi connectivity index (χ1n) is 7.01. The molecule has 120 valence electrons. The lowest BCUT2D eigenvalue weighted by molar-refractivity contribution is 0.0594. The third-order valence-electron chi connectivity index (χ3n) is 3.15. The standard InChI is InChI=1S/C16H13N5O3/c1-24-16(23)14-10-21(20-19-14)12-6-4-5-11(9-12)18-15(22)13-7-2-3-8-17-13/h2-10H,1H3,(H,18,22). The second-order valence-corrected chi connectivity index (χ2v) is 4.76. The Balaban J connectivity index is 1.80. The van der Waals surface area contributed by atoms with E-state index >= 15 is 0 Å². The smallest absolute Gasteiger partial charge is 0.360 e. The van der Waals surface area contributed by atoms with Crippen LogP contribution in [0.15, 0.2) is 54.9 Å². The number of carbonyl (C=O) groups excluding carboxylic acids is 2. The second kappa shape index (κ2) is 6.69. The highest BCUT2D eigenvalue weighted by molar-refractivity contribution is 6.02. The monoisotopic (exact) mass is 323 g/mol. The molecule has 1 aromatic carbocycles. The number of anilines is 1. The molecule has 1 N–H and O–H groups in total. The fourth-order valence-corrected chi connectivity index (χ4v) is 2.01. The van der Waals surface area contributed by atoms with Crippen molar-refractivity contribution in [3.63, 3.8) is 0 Å². The lowest BCUT2D eigenvalue weighted by Crippen LogP contribution is -2.13. The molecule has 0 saturated carbocycles. The van der Waals surface area contributed by atoms with Gasteiger partial charge in [-0.25, -0.2) is 9.48 Å². The Morgan fingerprint density at radius 2 is 2.00 bits per heavy atom. The Bertz CT molecular complexity index is 876. The van der Waals surface area contributed by atoms with Crippen molar-refractivity contribution in [1.29, 1.82) is 0 Å². The van der Waals surface area contributed by atoms with Gasteiger partial charge in [-0.15, -0.1) is 5.10 Å². The average Bonchev–Trinajstić information content (AvgIpc) is 3.12. The van der Waals surface area contributed by atoms with E-state index in [4.69, 9.17) is 0 Å². The summed E-state index contributed by atoms with van der Waals surface area (Å²) in [5, 5.41) is 10.4. The minimum atomic E-state index is -0.569. The molecule has 0 bridgehead atoms. The van der Waals surface area contributed by atoms with Crippen LogP contribution in [0.1, 0.15) is 21.0 Å². The first kappa shape index (κ1) is 15.3. The number of hydrogen-bond donors (Lipinski definition) is 1. The molecule has 0 saturated heterocycles. The fraction of sp³-hybridized carbons (Fsp3) is 0.0625. The Kier molecular flexibility index (Phi) is 4.28. The summed E-state index contributed by atoms with van der Waals surface area (Å²) < 4.78 is 6.01. The number of rotatable bonds is 4. The first-order valence-corrected chi connectivity index (χ1v) is 7.01. The van der Waals surface area contributed by atoms with Crippen LogP contribution in [0.4, 0.5) is 5.69 Å². The molecule has 0 aliphatic heterocycles. The number of hydrogen-bond acceptors (Lipinski definition) is 6. The SMILES string of the molecule is COC(=O)c1cn(-c2cccc(NC(=O)c3ccccn3)c2)nn1. The molecule has 0 atom stereocenters. The summed E-state index contributed by atoms with van der Waals surface area (Å²) >= 11 is 0. The highest BCUT2D eigenvalue weighted by atomic mass is 16.5. The highest BCUT2D eigenvalue weighted by Crippen LogP contribution is 2.15. The predicted molar refractivity (Wildman–Crippen MR) is 84.9 cm³/mol. The third-order valence-corrected chi connectivity index (χ3v) is 3.15. The van der Waals surface area contributed by atoms with Crippen molar-refractivity contribution in [2.24, 2.45) is 0 Å². The zero-order valence-corrected chi connectivity index (χ0v) is 12.7. The normalized spacial score (nSPS) is 10.2. The molecular weight excluding hydrogens is 310 g/mol. The van der Waals surface area contributed by atoms with Crippen molar-refractivity contribution in [1.82, 2.24) is 20.0 Å². The number of methoxy groups -OCH3 is 1. The number of nitrogens with zero attached hydrogens (tertiary/aromatic N) is 4. The Morgan fingerprint density at radius 3 is 2.75 bits per heavy atom. The summed E-state index contributed by atoms with van der Waals surface area (Å²) in [6.07, 6.45) is 3.00. The van der Waals surface area contributed by atoms with Crippen LogP contribution in [0.2, 0.25) is 0 Å². The lowest BCUT2D eigenvalue weighted by Gasteiger charge is -2.06. The van der Waals surface area contributed by atoms with E-state index in [1.54, 1.807) is 48.7 Å². The van der Waals surface area contributed by atoms with E-state index < -0.39 is 5.97 Å². The minimum Gasteiger partial charge on any atom is -0.464 e. The quantitative estimate of drug-likeness (QED) is 0.734. The molecule has 0 aliphatic rings. The van der Waals surface area contributed by atoms with Gasteiger partial charge >= 0.3 is 5.97 Å². The maximum atomic E-state index is 12.1. The van der Waals surface area contributed by atoms with Crippen molar-refractivity contribution in [2.75, 3.05) is 12.4 Å². The van der Waals surface area contributed by atoms with Crippen molar-refractivity contribution >= 4 is 17.6 Å². The molecule has 2 heterocycles. The maximum absolute atomic E-state index is 12.1. The molecule has 3 rings (SSSR count). The van der Waals surface area contributed by atoms with Gasteiger partial charge in [-0.3, -0.25) is 9.78 Å². The highest BCUT2D eigenvalue weighted by Gasteiger charge is 2.12. The van der Waals surface area contributed by atoms with Gasteiger partial charge in [-0.2, -0.15) is 0 Å². The van der Waals surface area contributed by atoms with Crippen molar-refractivity contribution in [3.8, 4) is 5.69 Å². The number of carbonyl (C=O) groups is 2. The van der Waals surface area contributed by atoms with Gasteiger partial charge < -0.3 is 10.1 Å². The minimum absolute atomic E-state index is 0.0976. The molecule has 2 aromatic heterocycles. The topological polar surface area (TPSA) is 99.0 Å². The van der Waals surface area contributed by atoms with Gasteiger partial charge in [-0.05, 0) is 30.3 Å². The van der Waals surface area contributed by atoms with E-state index in [2.05, 4.69) is 25.3 Å². The largest absolute Gasteiger partial charge is 0.464 e. The zero-order valence-electron chi connectivity index (χ0n) is 12.7. The van der Waals surface area contributed by atoms with Crippen molar-refractivity contribution < 1.29 is 14.3 Å². The number of pyridine rings is 1. The molecule has 0 radical (unpaired) electrons. The van der Waals surface area contributed by atoms with E-state index in [1.807, 2.05) is 0 Å².